The monoisotopic (exact) mass is 753 g/mol. The van der Waals surface area contributed by atoms with E-state index >= 15 is 13.2 Å². The summed E-state index contributed by atoms with van der Waals surface area (Å²) in [7, 11) is 3.16. The minimum Gasteiger partial charge on any atom is -0.497 e. The molecule has 6 aromatic carbocycles. The van der Waals surface area contributed by atoms with E-state index in [9.17, 15) is 0 Å². The fourth-order valence-electron chi connectivity index (χ4n) is 7.29. The third-order valence-corrected chi connectivity index (χ3v) is 10.4. The van der Waals surface area contributed by atoms with Gasteiger partial charge in [0.25, 0.3) is 6.02 Å². The Kier molecular flexibility index (Phi) is 10.2. The number of nitrogens with zero attached hydrogens (tertiary/aromatic N) is 2. The molecule has 6 aromatic rings. The Hall–Kier alpha value is -6.35. The number of ether oxygens (including phenoxy) is 3. The van der Waals surface area contributed by atoms with Crippen LogP contribution < -0.4 is 14.8 Å². The fourth-order valence-corrected chi connectivity index (χ4v) is 7.29. The average molecular weight is 754 g/mol. The number of nitrogens with one attached hydrogen (secondary N) is 1. The molecule has 0 aliphatic carbocycles. The van der Waals surface area contributed by atoms with Gasteiger partial charge in [-0.25, -0.2) is 14.4 Å². The first-order valence-corrected chi connectivity index (χ1v) is 18.2. The van der Waals surface area contributed by atoms with Gasteiger partial charge in [0.2, 0.25) is 0 Å². The topological polar surface area (TPSA) is 64.4 Å². The van der Waals surface area contributed by atoms with Gasteiger partial charge in [0.05, 0.1) is 25.6 Å². The van der Waals surface area contributed by atoms with E-state index < -0.39 is 28.4 Å². The molecule has 284 valence electrons. The van der Waals surface area contributed by atoms with Crippen molar-refractivity contribution in [3.63, 3.8) is 0 Å². The van der Waals surface area contributed by atoms with Crippen molar-refractivity contribution < 1.29 is 27.4 Å². The summed E-state index contributed by atoms with van der Waals surface area (Å²) in [5.41, 5.74) is -1.49. The molecule has 0 amide bonds. The third-order valence-electron chi connectivity index (χ3n) is 10.4. The molecule has 1 aliphatic rings. The van der Waals surface area contributed by atoms with Gasteiger partial charge in [-0.1, -0.05) is 115 Å². The highest BCUT2D eigenvalue weighted by molar-refractivity contribution is 6.13. The van der Waals surface area contributed by atoms with Gasteiger partial charge in [0.1, 0.15) is 22.9 Å². The number of hydrogen-bond acceptors (Lipinski definition) is 6. The molecule has 0 spiro atoms. The molecule has 1 N–H and O–H groups in total. The third kappa shape index (κ3) is 6.78. The van der Waals surface area contributed by atoms with Crippen molar-refractivity contribution in [2.24, 2.45) is 9.98 Å². The minimum absolute atomic E-state index is 0.207. The number of aliphatic imine (C=N–C) groups is 2. The molecular formula is C47H42F3N3O3. The second-order valence-electron chi connectivity index (χ2n) is 14.2. The number of amidine groups is 1. The lowest BCUT2D eigenvalue weighted by molar-refractivity contribution is -0.209. The van der Waals surface area contributed by atoms with Crippen LogP contribution in [0.4, 0.5) is 18.9 Å². The second kappa shape index (κ2) is 15.1. The van der Waals surface area contributed by atoms with Crippen LogP contribution in [0.5, 0.6) is 11.5 Å². The SMILES string of the molecule is COc1ccc(C(NC2=N[C@](C)(c3cc(N=C(c4ccccc4)c4ccccc4)ccc3F)C(F)(F)C(C)(C)O2)(c2ccccc2)c2ccc(OC)cc2)cc1. The van der Waals surface area contributed by atoms with E-state index in [0.29, 0.717) is 17.2 Å². The molecule has 0 aromatic heterocycles. The van der Waals surface area contributed by atoms with Crippen LogP contribution in [0.25, 0.3) is 0 Å². The van der Waals surface area contributed by atoms with E-state index in [1.165, 1.54) is 32.9 Å². The maximum Gasteiger partial charge on any atom is 0.315 e. The maximum atomic E-state index is 17.1. The largest absolute Gasteiger partial charge is 0.497 e. The normalized spacial score (nSPS) is 17.2. The van der Waals surface area contributed by atoms with E-state index in [-0.39, 0.29) is 17.3 Å². The van der Waals surface area contributed by atoms with Gasteiger partial charge >= 0.3 is 5.92 Å². The zero-order valence-electron chi connectivity index (χ0n) is 31.8. The molecular weight excluding hydrogens is 712 g/mol. The van der Waals surface area contributed by atoms with Crippen molar-refractivity contribution >= 4 is 17.4 Å². The lowest BCUT2D eigenvalue weighted by atomic mass is 9.76. The standard InChI is InChI=1S/C47H42F3N3O3/c1-44(2)47(49,50)45(3,40-31-37(25-30-41(40)48)51-42(32-15-9-6-10-16-32)33-17-11-7-12-18-33)52-43(56-44)53-46(34-19-13-8-14-20-34,35-21-26-38(54-4)27-22-35)36-23-28-39(55-5)29-24-36/h6-31H,1-5H3,(H,52,53)/t45-/m1/s1. The summed E-state index contributed by atoms with van der Waals surface area (Å²) in [4.78, 5) is 9.58. The second-order valence-corrected chi connectivity index (χ2v) is 14.2. The molecule has 1 heterocycles. The Bertz CT molecular complexity index is 2260. The van der Waals surface area contributed by atoms with Crippen LogP contribution in [-0.4, -0.2) is 37.5 Å². The average Bonchev–Trinajstić information content (AvgIpc) is 3.22. The molecule has 0 fully saturated rings. The smallest absolute Gasteiger partial charge is 0.315 e. The molecule has 56 heavy (non-hydrogen) atoms. The lowest BCUT2D eigenvalue weighted by Gasteiger charge is -2.49. The maximum absolute atomic E-state index is 17.1. The van der Waals surface area contributed by atoms with E-state index in [1.54, 1.807) is 14.2 Å². The van der Waals surface area contributed by atoms with Crippen LogP contribution in [0.2, 0.25) is 0 Å². The number of alkyl halides is 2. The Morgan fingerprint density at radius 3 is 1.59 bits per heavy atom. The zero-order valence-corrected chi connectivity index (χ0v) is 31.8. The van der Waals surface area contributed by atoms with Gasteiger partial charge < -0.3 is 19.5 Å². The van der Waals surface area contributed by atoms with Gasteiger partial charge in [-0.05, 0) is 79.9 Å². The van der Waals surface area contributed by atoms with Crippen molar-refractivity contribution in [3.8, 4) is 11.5 Å². The number of benzene rings is 6. The van der Waals surface area contributed by atoms with Crippen molar-refractivity contribution in [1.29, 1.82) is 0 Å². The molecule has 9 heteroatoms. The minimum atomic E-state index is -3.72. The Morgan fingerprint density at radius 2 is 1.11 bits per heavy atom. The molecule has 0 unspecified atom stereocenters. The predicted molar refractivity (Wildman–Crippen MR) is 215 cm³/mol. The van der Waals surface area contributed by atoms with Crippen LogP contribution in [-0.2, 0) is 15.8 Å². The van der Waals surface area contributed by atoms with Crippen molar-refractivity contribution in [3.05, 3.63) is 197 Å². The van der Waals surface area contributed by atoms with Crippen molar-refractivity contribution in [2.75, 3.05) is 14.2 Å². The Labute approximate surface area is 325 Å². The van der Waals surface area contributed by atoms with Crippen LogP contribution in [0.3, 0.4) is 0 Å². The van der Waals surface area contributed by atoms with Crippen LogP contribution >= 0.6 is 0 Å². The van der Waals surface area contributed by atoms with E-state index in [1.807, 2.05) is 140 Å². The van der Waals surface area contributed by atoms with Gasteiger partial charge in [-0.2, -0.15) is 8.78 Å². The van der Waals surface area contributed by atoms with Crippen molar-refractivity contribution in [1.82, 2.24) is 5.32 Å². The highest BCUT2D eigenvalue weighted by atomic mass is 19.3. The quantitative estimate of drug-likeness (QED) is 0.112. The highest BCUT2D eigenvalue weighted by Crippen LogP contribution is 2.53. The number of rotatable bonds is 10. The first kappa shape index (κ1) is 37.9. The molecule has 0 radical (unpaired) electrons. The first-order chi connectivity index (χ1) is 26.9. The Balaban J connectivity index is 1.43. The summed E-state index contributed by atoms with van der Waals surface area (Å²) < 4.78 is 67.5. The van der Waals surface area contributed by atoms with Crippen LogP contribution in [0.15, 0.2) is 168 Å². The van der Waals surface area contributed by atoms with Crippen molar-refractivity contribution in [2.45, 2.75) is 43.4 Å². The van der Waals surface area contributed by atoms with E-state index in [4.69, 9.17) is 19.2 Å². The lowest BCUT2D eigenvalue weighted by Crippen LogP contribution is -2.64. The summed E-state index contributed by atoms with van der Waals surface area (Å²) in [5.74, 6) is -3.31. The van der Waals surface area contributed by atoms with Gasteiger partial charge in [-0.15, -0.1) is 0 Å². The zero-order chi connectivity index (χ0) is 39.6. The molecule has 1 atom stereocenters. The molecule has 1 aliphatic heterocycles. The van der Waals surface area contributed by atoms with E-state index in [0.717, 1.165) is 33.9 Å². The summed E-state index contributed by atoms with van der Waals surface area (Å²) in [6.07, 6.45) is 0. The summed E-state index contributed by atoms with van der Waals surface area (Å²) >= 11 is 0. The summed E-state index contributed by atoms with van der Waals surface area (Å²) in [6.45, 7) is 3.82. The van der Waals surface area contributed by atoms with Crippen LogP contribution in [0, 0.1) is 5.82 Å². The van der Waals surface area contributed by atoms with Gasteiger partial charge in [-0.3, -0.25) is 0 Å². The number of methoxy groups -OCH3 is 2. The first-order valence-electron chi connectivity index (χ1n) is 18.2. The van der Waals surface area contributed by atoms with Gasteiger partial charge in [0, 0.05) is 16.7 Å². The molecule has 0 saturated heterocycles. The highest BCUT2D eigenvalue weighted by Gasteiger charge is 2.67. The molecule has 0 bridgehead atoms. The fraction of sp³-hybridized carbons (Fsp3) is 0.191. The predicted octanol–water partition coefficient (Wildman–Crippen LogP) is 10.6. The van der Waals surface area contributed by atoms with Crippen LogP contribution in [0.1, 0.15) is 54.2 Å². The van der Waals surface area contributed by atoms with E-state index in [2.05, 4.69) is 10.3 Å². The molecule has 6 nitrogen and oxygen atoms in total. The van der Waals surface area contributed by atoms with Gasteiger partial charge in [0.15, 0.2) is 11.1 Å². The summed E-state index contributed by atoms with van der Waals surface area (Å²) in [6, 6.07) is 47.3. The molecule has 0 saturated carbocycles. The Morgan fingerprint density at radius 1 is 0.643 bits per heavy atom. The number of halogens is 3. The molecule has 7 rings (SSSR count). The number of hydrogen-bond donors (Lipinski definition) is 1. The summed E-state index contributed by atoms with van der Waals surface area (Å²) in [5, 5.41) is 3.48.